The topological polar surface area (TPSA) is 54.0 Å². The summed E-state index contributed by atoms with van der Waals surface area (Å²) < 4.78 is 0. The van der Waals surface area contributed by atoms with Crippen LogP contribution in [0.3, 0.4) is 0 Å². The van der Waals surface area contributed by atoms with Gasteiger partial charge in [-0.25, -0.2) is 4.98 Å². The van der Waals surface area contributed by atoms with Crippen LogP contribution in [0.25, 0.3) is 0 Å². The summed E-state index contributed by atoms with van der Waals surface area (Å²) in [5.74, 6) is -0.0683. The molecule has 5 heteroatoms. The molecule has 0 fully saturated rings. The molecule has 1 amide bonds. The van der Waals surface area contributed by atoms with Crippen LogP contribution in [-0.4, -0.2) is 10.9 Å². The average molecular weight is 247 g/mol. The highest BCUT2D eigenvalue weighted by Crippen LogP contribution is 2.21. The van der Waals surface area contributed by atoms with Gasteiger partial charge in [0.25, 0.3) is 0 Å². The van der Waals surface area contributed by atoms with E-state index in [1.807, 2.05) is 36.6 Å². The average Bonchev–Trinajstić information content (AvgIpc) is 2.66. The first-order valence-corrected chi connectivity index (χ1v) is 6.08. The molecule has 4 nitrogen and oxygen atoms in total. The summed E-state index contributed by atoms with van der Waals surface area (Å²) in [6, 6.07) is 7.51. The predicted molar refractivity (Wildman–Crippen MR) is 70.9 cm³/mol. The number of rotatable bonds is 3. The van der Waals surface area contributed by atoms with Crippen molar-refractivity contribution < 1.29 is 4.79 Å². The van der Waals surface area contributed by atoms with Crippen molar-refractivity contribution >= 4 is 33.8 Å². The Morgan fingerprint density at radius 3 is 2.41 bits per heavy atom. The smallest absolute Gasteiger partial charge is 0.221 e. The molecule has 0 saturated carbocycles. The van der Waals surface area contributed by atoms with E-state index in [1.165, 1.54) is 6.92 Å². The van der Waals surface area contributed by atoms with E-state index in [0.717, 1.165) is 22.2 Å². The number of benzene rings is 1. The molecule has 1 heterocycles. The van der Waals surface area contributed by atoms with Gasteiger partial charge in [-0.05, 0) is 31.2 Å². The largest absolute Gasteiger partial charge is 0.332 e. The lowest BCUT2D eigenvalue weighted by molar-refractivity contribution is -0.114. The number of hydrogen-bond donors (Lipinski definition) is 2. The third kappa shape index (κ3) is 3.29. The maximum absolute atomic E-state index is 10.9. The van der Waals surface area contributed by atoms with Gasteiger partial charge in [0, 0.05) is 23.7 Å². The Morgan fingerprint density at radius 2 is 1.88 bits per heavy atom. The zero-order valence-electron chi connectivity index (χ0n) is 9.65. The van der Waals surface area contributed by atoms with Gasteiger partial charge in [-0.1, -0.05) is 0 Å². The number of thiazole rings is 1. The van der Waals surface area contributed by atoms with Crippen molar-refractivity contribution in [2.75, 3.05) is 10.6 Å². The van der Waals surface area contributed by atoms with Crippen LogP contribution in [0.15, 0.2) is 29.6 Å². The molecule has 2 rings (SSSR count). The molecule has 1 aromatic carbocycles. The van der Waals surface area contributed by atoms with Gasteiger partial charge in [-0.15, -0.1) is 11.3 Å². The monoisotopic (exact) mass is 247 g/mol. The first kappa shape index (κ1) is 11.6. The van der Waals surface area contributed by atoms with Gasteiger partial charge in [0.05, 0.1) is 5.69 Å². The molecule has 0 atom stereocenters. The van der Waals surface area contributed by atoms with E-state index in [9.17, 15) is 4.79 Å². The van der Waals surface area contributed by atoms with Gasteiger partial charge < -0.3 is 10.6 Å². The van der Waals surface area contributed by atoms with Gasteiger partial charge >= 0.3 is 0 Å². The van der Waals surface area contributed by atoms with Crippen LogP contribution >= 0.6 is 11.3 Å². The molecule has 0 aliphatic heterocycles. The summed E-state index contributed by atoms with van der Waals surface area (Å²) in [5.41, 5.74) is 2.75. The van der Waals surface area contributed by atoms with E-state index in [-0.39, 0.29) is 5.91 Å². The highest BCUT2D eigenvalue weighted by molar-refractivity contribution is 7.13. The number of aryl methyl sites for hydroxylation is 1. The molecule has 17 heavy (non-hydrogen) atoms. The minimum Gasteiger partial charge on any atom is -0.332 e. The number of amides is 1. The molecule has 2 N–H and O–H groups in total. The number of aromatic nitrogens is 1. The fraction of sp³-hybridized carbons (Fsp3) is 0.167. The Hall–Kier alpha value is -1.88. The summed E-state index contributed by atoms with van der Waals surface area (Å²) >= 11 is 1.57. The van der Waals surface area contributed by atoms with E-state index in [2.05, 4.69) is 15.6 Å². The molecule has 0 aliphatic carbocycles. The number of anilines is 3. The predicted octanol–water partition coefficient (Wildman–Crippen LogP) is 3.15. The number of carbonyl (C=O) groups excluding carboxylic acids is 1. The summed E-state index contributed by atoms with van der Waals surface area (Å²) in [5, 5.41) is 8.78. The fourth-order valence-corrected chi connectivity index (χ4v) is 2.08. The fourth-order valence-electron chi connectivity index (χ4n) is 1.38. The Labute approximate surface area is 104 Å². The van der Waals surface area contributed by atoms with Crippen molar-refractivity contribution in [3.63, 3.8) is 0 Å². The third-order valence-corrected chi connectivity index (χ3v) is 2.95. The molecule has 0 unspecified atom stereocenters. The summed E-state index contributed by atoms with van der Waals surface area (Å²) in [6.07, 6.45) is 0. The van der Waals surface area contributed by atoms with Crippen LogP contribution < -0.4 is 10.6 Å². The highest BCUT2D eigenvalue weighted by atomic mass is 32.1. The molecule has 0 spiro atoms. The Bertz CT molecular complexity index is 519. The molecular weight excluding hydrogens is 234 g/mol. The Balaban J connectivity index is 2.05. The number of hydrogen-bond acceptors (Lipinski definition) is 4. The minimum absolute atomic E-state index is 0.0683. The van der Waals surface area contributed by atoms with E-state index < -0.39 is 0 Å². The van der Waals surface area contributed by atoms with Crippen LogP contribution in [0.4, 0.5) is 16.5 Å². The van der Waals surface area contributed by atoms with Crippen molar-refractivity contribution in [1.29, 1.82) is 0 Å². The van der Waals surface area contributed by atoms with Gasteiger partial charge in [0.1, 0.15) is 0 Å². The van der Waals surface area contributed by atoms with Gasteiger partial charge in [0.15, 0.2) is 5.13 Å². The normalized spacial score (nSPS) is 10.0. The van der Waals surface area contributed by atoms with Crippen LogP contribution in [0, 0.1) is 6.92 Å². The van der Waals surface area contributed by atoms with Gasteiger partial charge in [-0.3, -0.25) is 4.79 Å². The van der Waals surface area contributed by atoms with Crippen molar-refractivity contribution in [3.8, 4) is 0 Å². The number of nitrogens with one attached hydrogen (secondary N) is 2. The molecule has 0 radical (unpaired) electrons. The molecule has 2 aromatic rings. The Morgan fingerprint density at radius 1 is 1.24 bits per heavy atom. The summed E-state index contributed by atoms with van der Waals surface area (Å²) in [7, 11) is 0. The van der Waals surface area contributed by atoms with Crippen molar-refractivity contribution in [1.82, 2.24) is 4.98 Å². The van der Waals surface area contributed by atoms with Gasteiger partial charge in [-0.2, -0.15) is 0 Å². The molecule has 0 saturated heterocycles. The Kier molecular flexibility index (Phi) is 3.39. The van der Waals surface area contributed by atoms with Gasteiger partial charge in [0.2, 0.25) is 5.91 Å². The zero-order valence-corrected chi connectivity index (χ0v) is 10.5. The third-order valence-electron chi connectivity index (χ3n) is 2.08. The second-order valence-corrected chi connectivity index (χ2v) is 4.54. The first-order valence-electron chi connectivity index (χ1n) is 5.20. The maximum Gasteiger partial charge on any atom is 0.221 e. The van der Waals surface area contributed by atoms with Crippen LogP contribution in [0.5, 0.6) is 0 Å². The minimum atomic E-state index is -0.0683. The van der Waals surface area contributed by atoms with Crippen molar-refractivity contribution in [2.24, 2.45) is 0 Å². The zero-order chi connectivity index (χ0) is 12.3. The lowest BCUT2D eigenvalue weighted by Crippen LogP contribution is -2.05. The van der Waals surface area contributed by atoms with E-state index in [0.29, 0.717) is 0 Å². The van der Waals surface area contributed by atoms with Crippen LogP contribution in [0.2, 0.25) is 0 Å². The number of carbonyl (C=O) groups is 1. The molecule has 0 aliphatic rings. The van der Waals surface area contributed by atoms with Crippen LogP contribution in [-0.2, 0) is 4.79 Å². The molecule has 1 aromatic heterocycles. The van der Waals surface area contributed by atoms with Crippen molar-refractivity contribution in [3.05, 3.63) is 35.3 Å². The highest BCUT2D eigenvalue weighted by Gasteiger charge is 2.00. The lowest BCUT2D eigenvalue weighted by Gasteiger charge is -2.05. The second-order valence-electron chi connectivity index (χ2n) is 3.68. The molecule has 88 valence electrons. The quantitative estimate of drug-likeness (QED) is 0.876. The van der Waals surface area contributed by atoms with Crippen molar-refractivity contribution in [2.45, 2.75) is 13.8 Å². The van der Waals surface area contributed by atoms with E-state index in [4.69, 9.17) is 0 Å². The number of nitrogens with zero attached hydrogens (tertiary/aromatic N) is 1. The standard InChI is InChI=1S/C12H13N3OS/c1-8-7-17-12(13-8)15-11-5-3-10(4-6-11)14-9(2)16/h3-7H,1-2H3,(H,13,15)(H,14,16). The summed E-state index contributed by atoms with van der Waals surface area (Å²) in [4.78, 5) is 15.2. The first-order chi connectivity index (χ1) is 8.13. The lowest BCUT2D eigenvalue weighted by atomic mass is 10.3. The second kappa shape index (κ2) is 4.97. The van der Waals surface area contributed by atoms with E-state index >= 15 is 0 Å². The SMILES string of the molecule is CC(=O)Nc1ccc(Nc2nc(C)cs2)cc1. The van der Waals surface area contributed by atoms with E-state index in [1.54, 1.807) is 11.3 Å². The summed E-state index contributed by atoms with van der Waals surface area (Å²) in [6.45, 7) is 3.45. The molecule has 0 bridgehead atoms. The molecular formula is C12H13N3OS. The maximum atomic E-state index is 10.9. The van der Waals surface area contributed by atoms with Crippen LogP contribution in [0.1, 0.15) is 12.6 Å².